The first-order valence-corrected chi connectivity index (χ1v) is 1.12. The molecule has 0 aromatic heterocycles. The number of rotatable bonds is 1. The fraction of sp³-hybridized carbons (Fsp3) is 0. The number of aliphatic carboxylic acids is 1. The molecule has 7 heavy (non-hydrogen) atoms. The van der Waals surface area contributed by atoms with E-state index in [0.29, 0.717) is 0 Å². The quantitative estimate of drug-likeness (QED) is 0.401. The number of carbonyl (C=O) groups is 1. The van der Waals surface area contributed by atoms with E-state index >= 15 is 0 Å². The molecule has 0 aliphatic heterocycles. The van der Waals surface area contributed by atoms with Crippen molar-refractivity contribution in [3.8, 4) is 0 Å². The minimum atomic E-state index is -0.981. The zero-order valence-electron chi connectivity index (χ0n) is 2.94. The molecule has 0 rings (SSSR count). The molecule has 0 fully saturated rings. The Morgan fingerprint density at radius 2 is 1.86 bits per heavy atom. The summed E-state index contributed by atoms with van der Waals surface area (Å²) < 4.78 is 0. The molecule has 2 nitrogen and oxygen atoms in total. The van der Waals surface area contributed by atoms with Gasteiger partial charge in [-0.15, -0.1) is 0 Å². The molecular weight excluding hydrogens is 139 g/mol. The van der Waals surface area contributed by atoms with Gasteiger partial charge in [0.05, 0.1) is 0 Å². The molecule has 0 amide bonds. The molecule has 4 heteroatoms. The molecule has 41 valence electrons. The topological polar surface area (TPSA) is 37.3 Å². The summed E-state index contributed by atoms with van der Waals surface area (Å²) in [5.74, 6) is -0.981. The Kier molecular flexibility index (Phi) is 21.5. The van der Waals surface area contributed by atoms with Gasteiger partial charge in [0, 0.05) is 23.1 Å². The SMILES string of the molecule is C=CC(=O)O.[Cu].[LiH]. The zero-order chi connectivity index (χ0) is 4.28. The molecule has 0 heterocycles. The van der Waals surface area contributed by atoms with Gasteiger partial charge in [-0.05, 0) is 0 Å². The molecule has 0 bridgehead atoms. The predicted octanol–water partition coefficient (Wildman–Crippen LogP) is -0.394. The van der Waals surface area contributed by atoms with Crippen LogP contribution in [0.1, 0.15) is 0 Å². The molecule has 1 radical (unpaired) electrons. The molecule has 0 aromatic carbocycles. The van der Waals surface area contributed by atoms with Gasteiger partial charge < -0.3 is 5.11 Å². The van der Waals surface area contributed by atoms with E-state index in [4.69, 9.17) is 5.11 Å². The molecule has 0 unspecified atom stereocenters. The Bertz CT molecular complexity index is 64.0. The van der Waals surface area contributed by atoms with Gasteiger partial charge in [0.2, 0.25) is 0 Å². The number of carboxylic acids is 1. The Labute approximate surface area is 64.6 Å². The molecule has 0 aliphatic carbocycles. The van der Waals surface area contributed by atoms with E-state index in [1.165, 1.54) is 0 Å². The van der Waals surface area contributed by atoms with E-state index in [-0.39, 0.29) is 35.9 Å². The monoisotopic (exact) mass is 143 g/mol. The standard InChI is InChI=1S/C3H4O2.Cu.Li.H/c1-2-3(4)5;;;/h2H,1H2,(H,4,5);;;. The summed E-state index contributed by atoms with van der Waals surface area (Å²) in [6.07, 6.45) is 0.833. The van der Waals surface area contributed by atoms with Crippen molar-refractivity contribution in [2.75, 3.05) is 0 Å². The van der Waals surface area contributed by atoms with Crippen LogP contribution in [-0.2, 0) is 21.9 Å². The van der Waals surface area contributed by atoms with Gasteiger partial charge in [-0.2, -0.15) is 0 Å². The third-order valence-corrected chi connectivity index (χ3v) is 0.175. The summed E-state index contributed by atoms with van der Waals surface area (Å²) in [5.41, 5.74) is 0. The van der Waals surface area contributed by atoms with Crippen LogP contribution in [-0.4, -0.2) is 29.9 Å². The van der Waals surface area contributed by atoms with Crippen molar-refractivity contribution >= 4 is 24.8 Å². The first kappa shape index (κ1) is 15.7. The van der Waals surface area contributed by atoms with Crippen LogP contribution in [0.5, 0.6) is 0 Å². The molecule has 0 atom stereocenters. The second-order valence-corrected chi connectivity index (χ2v) is 0.542. The van der Waals surface area contributed by atoms with Gasteiger partial charge in [-0.25, -0.2) is 4.79 Å². The van der Waals surface area contributed by atoms with Crippen molar-refractivity contribution < 1.29 is 27.0 Å². The van der Waals surface area contributed by atoms with Crippen molar-refractivity contribution in [3.63, 3.8) is 0 Å². The maximum absolute atomic E-state index is 9.25. The molecule has 1 N–H and O–H groups in total. The Hall–Kier alpha value is 0.327. The average Bonchev–Trinajstić information content (AvgIpc) is 1.38. The van der Waals surface area contributed by atoms with Crippen LogP contribution in [0, 0.1) is 0 Å². The summed E-state index contributed by atoms with van der Waals surface area (Å²) in [4.78, 5) is 9.25. The van der Waals surface area contributed by atoms with Gasteiger partial charge >= 0.3 is 24.8 Å². The van der Waals surface area contributed by atoms with Crippen LogP contribution in [0.3, 0.4) is 0 Å². The summed E-state index contributed by atoms with van der Waals surface area (Å²) in [7, 11) is 0. The molecule has 0 saturated carbocycles. The van der Waals surface area contributed by atoms with E-state index in [0.717, 1.165) is 6.08 Å². The van der Waals surface area contributed by atoms with E-state index in [1.54, 1.807) is 0 Å². The second kappa shape index (κ2) is 9.59. The minimum absolute atomic E-state index is 0. The van der Waals surface area contributed by atoms with Crippen molar-refractivity contribution in [2.45, 2.75) is 0 Å². The van der Waals surface area contributed by atoms with Gasteiger partial charge in [-0.3, -0.25) is 0 Å². The van der Waals surface area contributed by atoms with Gasteiger partial charge in [-0.1, -0.05) is 6.58 Å². The van der Waals surface area contributed by atoms with Gasteiger partial charge in [0.1, 0.15) is 0 Å². The third-order valence-electron chi connectivity index (χ3n) is 0.175. The van der Waals surface area contributed by atoms with E-state index in [1.807, 2.05) is 0 Å². The predicted molar refractivity (Wildman–Crippen MR) is 25.0 cm³/mol. The average molecular weight is 144 g/mol. The number of carboxylic acid groups (broad SMARTS) is 1. The third kappa shape index (κ3) is 21.9. The number of hydrogen-bond acceptors (Lipinski definition) is 1. The Balaban J connectivity index is -0.0000000800. The first-order valence-electron chi connectivity index (χ1n) is 1.12. The van der Waals surface area contributed by atoms with Crippen molar-refractivity contribution in [3.05, 3.63) is 12.7 Å². The fourth-order valence-electron chi connectivity index (χ4n) is 0. The normalized spacial score (nSPS) is 4.57. The van der Waals surface area contributed by atoms with Crippen molar-refractivity contribution in [2.24, 2.45) is 0 Å². The van der Waals surface area contributed by atoms with Crippen LogP contribution >= 0.6 is 0 Å². The van der Waals surface area contributed by atoms with E-state index in [2.05, 4.69) is 6.58 Å². The van der Waals surface area contributed by atoms with Crippen LogP contribution in [0.25, 0.3) is 0 Å². The molecule has 0 saturated heterocycles. The summed E-state index contributed by atoms with van der Waals surface area (Å²) in [5, 5.41) is 7.60. The zero-order valence-corrected chi connectivity index (χ0v) is 3.88. The summed E-state index contributed by atoms with van der Waals surface area (Å²) in [6, 6.07) is 0. The number of hydrogen-bond donors (Lipinski definition) is 1. The molecule has 0 aromatic rings. The summed E-state index contributed by atoms with van der Waals surface area (Å²) >= 11 is 0. The van der Waals surface area contributed by atoms with Crippen LogP contribution in [0.2, 0.25) is 0 Å². The van der Waals surface area contributed by atoms with Crippen LogP contribution in [0.15, 0.2) is 12.7 Å². The van der Waals surface area contributed by atoms with Crippen LogP contribution < -0.4 is 0 Å². The van der Waals surface area contributed by atoms with Crippen molar-refractivity contribution in [1.82, 2.24) is 0 Å². The molecule has 0 aliphatic rings. The fourth-order valence-corrected chi connectivity index (χ4v) is 0. The van der Waals surface area contributed by atoms with E-state index < -0.39 is 5.97 Å². The van der Waals surface area contributed by atoms with Crippen molar-refractivity contribution in [1.29, 1.82) is 0 Å². The van der Waals surface area contributed by atoms with Gasteiger partial charge in [0.25, 0.3) is 0 Å². The van der Waals surface area contributed by atoms with E-state index in [9.17, 15) is 4.79 Å². The van der Waals surface area contributed by atoms with Gasteiger partial charge in [0.15, 0.2) is 0 Å². The first-order chi connectivity index (χ1) is 2.27. The second-order valence-electron chi connectivity index (χ2n) is 0.542. The van der Waals surface area contributed by atoms with Crippen LogP contribution in [0.4, 0.5) is 0 Å². The molecular formula is C3H5CuLiO2. The summed E-state index contributed by atoms with van der Waals surface area (Å²) in [6.45, 7) is 2.96. The molecule has 0 spiro atoms. The Morgan fingerprint density at radius 1 is 1.71 bits per heavy atom. The Morgan fingerprint density at radius 3 is 1.86 bits per heavy atom. The maximum atomic E-state index is 9.25.